The first-order valence-electron chi connectivity index (χ1n) is 8.52. The van der Waals surface area contributed by atoms with Crippen molar-refractivity contribution in [2.45, 2.75) is 13.5 Å². The Morgan fingerprint density at radius 2 is 1.83 bits per heavy atom. The molecular weight excluding hydrogens is 420 g/mol. The van der Waals surface area contributed by atoms with E-state index in [1.54, 1.807) is 22.8 Å². The highest BCUT2D eigenvalue weighted by molar-refractivity contribution is 6.32. The molecule has 3 aromatic rings. The number of nitrogens with one attached hydrogen (secondary N) is 1. The predicted octanol–water partition coefficient (Wildman–Crippen LogP) is 4.81. The molecule has 0 saturated carbocycles. The number of aryl methyl sites for hydroxylation is 1. The number of nitrogens with zero attached hydrogens (tertiary/aromatic N) is 2. The summed E-state index contributed by atoms with van der Waals surface area (Å²) in [7, 11) is 2.91. The first-order chi connectivity index (χ1) is 13.8. The molecule has 1 heterocycles. The van der Waals surface area contributed by atoms with Crippen molar-refractivity contribution in [3.05, 3.63) is 73.9 Å². The lowest BCUT2D eigenvalue weighted by atomic mass is 10.2. The van der Waals surface area contributed by atoms with Gasteiger partial charge in [0.05, 0.1) is 32.0 Å². The van der Waals surface area contributed by atoms with Crippen LogP contribution < -0.4 is 20.3 Å². The van der Waals surface area contributed by atoms with E-state index in [4.69, 9.17) is 32.7 Å². The highest BCUT2D eigenvalue weighted by atomic mass is 35.5. The van der Waals surface area contributed by atoms with Gasteiger partial charge in [-0.2, -0.15) is 4.98 Å². The van der Waals surface area contributed by atoms with E-state index in [0.29, 0.717) is 22.0 Å². The van der Waals surface area contributed by atoms with Crippen LogP contribution in [0, 0.1) is 12.7 Å². The molecule has 0 bridgehead atoms. The highest BCUT2D eigenvalue weighted by Crippen LogP contribution is 2.32. The standard InChI is InChI=1S/C20H18Cl2FN3O3/c1-11-4-17(28-2)15(22)8-16(11)24-20-25-19(27)18(29-3)10-26(20)9-12-5-13(21)7-14(23)6-12/h4-8,10H,9H2,1-3H3,(H,24,25,27). The van der Waals surface area contributed by atoms with Crippen LogP contribution in [0.3, 0.4) is 0 Å². The molecule has 1 aromatic heterocycles. The van der Waals surface area contributed by atoms with Crippen molar-refractivity contribution in [3.63, 3.8) is 0 Å². The number of benzene rings is 2. The maximum atomic E-state index is 13.7. The molecule has 3 rings (SSSR count). The molecule has 2 aromatic carbocycles. The van der Waals surface area contributed by atoms with Gasteiger partial charge in [0.2, 0.25) is 11.7 Å². The fourth-order valence-electron chi connectivity index (χ4n) is 2.80. The summed E-state index contributed by atoms with van der Waals surface area (Å²) in [6, 6.07) is 7.65. The number of anilines is 2. The predicted molar refractivity (Wildman–Crippen MR) is 112 cm³/mol. The van der Waals surface area contributed by atoms with Gasteiger partial charge in [0.1, 0.15) is 11.6 Å². The van der Waals surface area contributed by atoms with E-state index in [9.17, 15) is 9.18 Å². The third-order valence-electron chi connectivity index (χ3n) is 4.20. The third kappa shape index (κ3) is 4.81. The quantitative estimate of drug-likeness (QED) is 0.599. The summed E-state index contributed by atoms with van der Waals surface area (Å²) in [5, 5.41) is 3.78. The average Bonchev–Trinajstić information content (AvgIpc) is 2.65. The number of aromatic nitrogens is 2. The van der Waals surface area contributed by atoms with Crippen LogP contribution in [-0.2, 0) is 6.54 Å². The smallest absolute Gasteiger partial charge is 0.316 e. The van der Waals surface area contributed by atoms with Crippen molar-refractivity contribution in [2.75, 3.05) is 19.5 Å². The van der Waals surface area contributed by atoms with Gasteiger partial charge in [-0.3, -0.25) is 4.79 Å². The fourth-order valence-corrected chi connectivity index (χ4v) is 3.28. The summed E-state index contributed by atoms with van der Waals surface area (Å²) < 4.78 is 25.7. The number of halogens is 3. The van der Waals surface area contributed by atoms with E-state index < -0.39 is 11.4 Å². The monoisotopic (exact) mass is 437 g/mol. The Morgan fingerprint density at radius 3 is 2.48 bits per heavy atom. The first kappa shape index (κ1) is 21.0. The van der Waals surface area contributed by atoms with Gasteiger partial charge >= 0.3 is 5.56 Å². The number of ether oxygens (including phenoxy) is 2. The van der Waals surface area contributed by atoms with Crippen LogP contribution in [0.25, 0.3) is 0 Å². The molecule has 0 saturated heterocycles. The van der Waals surface area contributed by atoms with Crippen LogP contribution in [0.15, 0.2) is 41.3 Å². The van der Waals surface area contributed by atoms with Crippen molar-refractivity contribution < 1.29 is 13.9 Å². The Kier molecular flexibility index (Phi) is 6.30. The van der Waals surface area contributed by atoms with Crippen molar-refractivity contribution >= 4 is 34.8 Å². The summed E-state index contributed by atoms with van der Waals surface area (Å²) in [6.45, 7) is 2.06. The van der Waals surface area contributed by atoms with Crippen molar-refractivity contribution in [2.24, 2.45) is 0 Å². The molecule has 0 fully saturated rings. The Bertz CT molecular complexity index is 1100. The van der Waals surface area contributed by atoms with Gasteiger partial charge in [-0.05, 0) is 48.4 Å². The zero-order valence-electron chi connectivity index (χ0n) is 15.9. The molecule has 0 radical (unpaired) electrons. The van der Waals surface area contributed by atoms with E-state index in [2.05, 4.69) is 10.3 Å². The van der Waals surface area contributed by atoms with Gasteiger partial charge in [0, 0.05) is 10.7 Å². The average molecular weight is 438 g/mol. The molecule has 29 heavy (non-hydrogen) atoms. The van der Waals surface area contributed by atoms with Crippen LogP contribution in [-0.4, -0.2) is 23.8 Å². The van der Waals surface area contributed by atoms with Crippen LogP contribution >= 0.6 is 23.2 Å². The minimum atomic E-state index is -0.541. The summed E-state index contributed by atoms with van der Waals surface area (Å²) >= 11 is 12.2. The van der Waals surface area contributed by atoms with Crippen LogP contribution in [0.4, 0.5) is 16.0 Å². The van der Waals surface area contributed by atoms with E-state index in [0.717, 1.165) is 5.56 Å². The number of hydrogen-bond acceptors (Lipinski definition) is 5. The van der Waals surface area contributed by atoms with Crippen molar-refractivity contribution in [3.8, 4) is 11.5 Å². The molecule has 0 aliphatic rings. The molecule has 0 aliphatic heterocycles. The Morgan fingerprint density at radius 1 is 1.10 bits per heavy atom. The van der Waals surface area contributed by atoms with Crippen LogP contribution in [0.5, 0.6) is 11.5 Å². The summed E-state index contributed by atoms with van der Waals surface area (Å²) in [5.41, 5.74) is 1.52. The Labute approximate surface area is 176 Å². The van der Waals surface area contributed by atoms with Gasteiger partial charge in [0.25, 0.3) is 0 Å². The molecule has 0 unspecified atom stereocenters. The van der Waals surface area contributed by atoms with Gasteiger partial charge in [0.15, 0.2) is 0 Å². The zero-order chi connectivity index (χ0) is 21.1. The fraction of sp³-hybridized carbons (Fsp3) is 0.200. The zero-order valence-corrected chi connectivity index (χ0v) is 17.4. The minimum Gasteiger partial charge on any atom is -0.495 e. The van der Waals surface area contributed by atoms with Crippen LogP contribution in [0.2, 0.25) is 10.0 Å². The summed E-state index contributed by atoms with van der Waals surface area (Å²) in [6.07, 6.45) is 1.50. The lowest BCUT2D eigenvalue weighted by Gasteiger charge is -2.17. The van der Waals surface area contributed by atoms with Gasteiger partial charge in [-0.25, -0.2) is 4.39 Å². The molecule has 9 heteroatoms. The van der Waals surface area contributed by atoms with Gasteiger partial charge in [-0.15, -0.1) is 0 Å². The van der Waals surface area contributed by atoms with E-state index in [1.807, 2.05) is 6.92 Å². The molecular formula is C20H18Cl2FN3O3. The second kappa shape index (κ2) is 8.71. The maximum Gasteiger partial charge on any atom is 0.316 e. The van der Waals surface area contributed by atoms with Crippen LogP contribution in [0.1, 0.15) is 11.1 Å². The summed E-state index contributed by atoms with van der Waals surface area (Å²) in [5.74, 6) is 0.369. The SMILES string of the molecule is COc1cc(C)c(Nc2nc(=O)c(OC)cn2Cc2cc(F)cc(Cl)c2)cc1Cl. The normalized spacial score (nSPS) is 10.7. The lowest BCUT2D eigenvalue weighted by molar-refractivity contribution is 0.402. The topological polar surface area (TPSA) is 65.4 Å². The second-order valence-corrected chi connectivity index (χ2v) is 7.11. The number of rotatable bonds is 6. The van der Waals surface area contributed by atoms with Crippen molar-refractivity contribution in [1.29, 1.82) is 0 Å². The number of hydrogen-bond donors (Lipinski definition) is 1. The maximum absolute atomic E-state index is 13.7. The minimum absolute atomic E-state index is 0.0579. The third-order valence-corrected chi connectivity index (χ3v) is 4.72. The van der Waals surface area contributed by atoms with Crippen molar-refractivity contribution in [1.82, 2.24) is 9.55 Å². The second-order valence-electron chi connectivity index (χ2n) is 6.27. The molecule has 6 nitrogen and oxygen atoms in total. The highest BCUT2D eigenvalue weighted by Gasteiger charge is 2.13. The molecule has 0 aliphatic carbocycles. The van der Waals surface area contributed by atoms with Gasteiger partial charge in [-0.1, -0.05) is 23.2 Å². The summed E-state index contributed by atoms with van der Waals surface area (Å²) in [4.78, 5) is 16.3. The Balaban J connectivity index is 2.05. The van der Waals surface area contributed by atoms with E-state index in [-0.39, 0.29) is 23.3 Å². The first-order valence-corrected chi connectivity index (χ1v) is 9.28. The Hall–Kier alpha value is -2.77. The molecule has 0 spiro atoms. The lowest BCUT2D eigenvalue weighted by Crippen LogP contribution is -2.19. The van der Waals surface area contributed by atoms with E-state index >= 15 is 0 Å². The molecule has 1 N–H and O–H groups in total. The molecule has 0 atom stereocenters. The van der Waals surface area contributed by atoms with E-state index in [1.165, 1.54) is 32.5 Å². The largest absolute Gasteiger partial charge is 0.495 e. The number of methoxy groups -OCH3 is 2. The van der Waals surface area contributed by atoms with Gasteiger partial charge < -0.3 is 19.4 Å². The molecule has 152 valence electrons. The molecule has 0 amide bonds.